The van der Waals surface area contributed by atoms with Crippen LogP contribution in [0.2, 0.25) is 0 Å². The lowest BCUT2D eigenvalue weighted by atomic mass is 10.1. The third kappa shape index (κ3) is 6.59. The van der Waals surface area contributed by atoms with Crippen LogP contribution in [0.4, 0.5) is 5.69 Å². The van der Waals surface area contributed by atoms with E-state index in [0.29, 0.717) is 13.0 Å². The number of hydrogen-bond donors (Lipinski definition) is 1. The quantitative estimate of drug-likeness (QED) is 0.575. The molecule has 5 nitrogen and oxygen atoms in total. The normalized spacial score (nSPS) is 10.3. The second-order valence-electron chi connectivity index (χ2n) is 6.29. The van der Waals surface area contributed by atoms with E-state index in [4.69, 9.17) is 9.47 Å². The summed E-state index contributed by atoms with van der Waals surface area (Å²) in [4.78, 5) is 23.6. The van der Waals surface area contributed by atoms with Crippen LogP contribution in [0.3, 0.4) is 0 Å². The molecule has 0 spiro atoms. The number of ether oxygens (including phenoxy) is 2. The summed E-state index contributed by atoms with van der Waals surface area (Å²) in [5.41, 5.74) is 3.91. The first-order valence-electron chi connectivity index (χ1n) is 8.66. The monoisotopic (exact) mass is 355 g/mol. The van der Waals surface area contributed by atoms with Crippen molar-refractivity contribution in [3.63, 3.8) is 0 Å². The Balaban J connectivity index is 1.64. The maximum Gasteiger partial charge on any atom is 0.306 e. The number of esters is 1. The lowest BCUT2D eigenvalue weighted by Crippen LogP contribution is -2.21. The molecule has 26 heavy (non-hydrogen) atoms. The van der Waals surface area contributed by atoms with Gasteiger partial charge in [0.25, 0.3) is 5.91 Å². The molecule has 0 aliphatic heterocycles. The van der Waals surface area contributed by atoms with E-state index in [9.17, 15) is 9.59 Å². The predicted molar refractivity (Wildman–Crippen MR) is 101 cm³/mol. The van der Waals surface area contributed by atoms with Crippen LogP contribution in [0, 0.1) is 20.8 Å². The Bertz CT molecular complexity index is 753. The van der Waals surface area contributed by atoms with Crippen LogP contribution in [0.1, 0.15) is 29.5 Å². The number of carbonyl (C=O) groups excluding carboxylic acids is 2. The largest absolute Gasteiger partial charge is 0.494 e. The fourth-order valence-electron chi connectivity index (χ4n) is 2.32. The van der Waals surface area contributed by atoms with Gasteiger partial charge in [-0.05, 0) is 56.5 Å². The fourth-order valence-corrected chi connectivity index (χ4v) is 2.32. The third-order valence-corrected chi connectivity index (χ3v) is 3.85. The van der Waals surface area contributed by atoms with Crippen molar-refractivity contribution >= 4 is 17.6 Å². The molecule has 2 aromatic rings. The number of amides is 1. The number of aryl methyl sites for hydroxylation is 3. The van der Waals surface area contributed by atoms with Crippen LogP contribution in [-0.2, 0) is 14.3 Å². The number of hydrogen-bond acceptors (Lipinski definition) is 4. The van der Waals surface area contributed by atoms with Crippen LogP contribution < -0.4 is 10.1 Å². The molecule has 0 heterocycles. The second kappa shape index (κ2) is 9.61. The highest BCUT2D eigenvalue weighted by Crippen LogP contribution is 2.16. The standard InChI is InChI=1S/C21H25NO4/c1-15-7-10-18(11-8-15)25-12-4-5-21(24)26-14-20(23)22-19-13-16(2)6-9-17(19)3/h6-11,13H,4-5,12,14H2,1-3H3,(H,22,23). The minimum Gasteiger partial charge on any atom is -0.494 e. The Labute approximate surface area is 154 Å². The summed E-state index contributed by atoms with van der Waals surface area (Å²) in [6.45, 7) is 6.01. The van der Waals surface area contributed by atoms with Crippen molar-refractivity contribution in [2.75, 3.05) is 18.5 Å². The van der Waals surface area contributed by atoms with Crippen molar-refractivity contribution in [2.45, 2.75) is 33.6 Å². The van der Waals surface area contributed by atoms with Crippen LogP contribution >= 0.6 is 0 Å². The molecule has 0 unspecified atom stereocenters. The lowest BCUT2D eigenvalue weighted by Gasteiger charge is -2.10. The maximum absolute atomic E-state index is 11.9. The van der Waals surface area contributed by atoms with Crippen molar-refractivity contribution in [1.82, 2.24) is 0 Å². The summed E-state index contributed by atoms with van der Waals surface area (Å²) in [5, 5.41) is 2.76. The number of rotatable bonds is 8. The molecule has 0 saturated carbocycles. The highest BCUT2D eigenvalue weighted by Gasteiger charge is 2.09. The molecular formula is C21H25NO4. The van der Waals surface area contributed by atoms with Crippen LogP contribution in [0.15, 0.2) is 42.5 Å². The molecule has 0 fully saturated rings. The van der Waals surface area contributed by atoms with Crippen molar-refractivity contribution < 1.29 is 19.1 Å². The zero-order valence-electron chi connectivity index (χ0n) is 15.5. The van der Waals surface area contributed by atoms with Gasteiger partial charge >= 0.3 is 5.97 Å². The highest BCUT2D eigenvalue weighted by atomic mass is 16.5. The molecule has 0 atom stereocenters. The minimum atomic E-state index is -0.409. The highest BCUT2D eigenvalue weighted by molar-refractivity contribution is 5.93. The number of anilines is 1. The molecule has 2 aromatic carbocycles. The number of nitrogens with one attached hydrogen (secondary N) is 1. The summed E-state index contributed by atoms with van der Waals surface area (Å²) in [7, 11) is 0. The Morgan fingerprint density at radius 1 is 0.962 bits per heavy atom. The Morgan fingerprint density at radius 3 is 2.38 bits per heavy atom. The maximum atomic E-state index is 11.9. The topological polar surface area (TPSA) is 64.6 Å². The van der Waals surface area contributed by atoms with Crippen molar-refractivity contribution in [3.8, 4) is 5.75 Å². The second-order valence-corrected chi connectivity index (χ2v) is 6.29. The van der Waals surface area contributed by atoms with Gasteiger partial charge in [-0.15, -0.1) is 0 Å². The van der Waals surface area contributed by atoms with E-state index in [-0.39, 0.29) is 18.9 Å². The summed E-state index contributed by atoms with van der Waals surface area (Å²) >= 11 is 0. The Hall–Kier alpha value is -2.82. The minimum absolute atomic E-state index is 0.211. The van der Waals surface area contributed by atoms with Gasteiger partial charge in [0.15, 0.2) is 6.61 Å². The van der Waals surface area contributed by atoms with Crippen LogP contribution in [-0.4, -0.2) is 25.1 Å². The first-order valence-corrected chi connectivity index (χ1v) is 8.66. The summed E-state index contributed by atoms with van der Waals surface area (Å²) in [6.07, 6.45) is 0.744. The van der Waals surface area contributed by atoms with Gasteiger partial charge in [-0.1, -0.05) is 29.8 Å². The van der Waals surface area contributed by atoms with E-state index in [2.05, 4.69) is 5.32 Å². The molecule has 5 heteroatoms. The smallest absolute Gasteiger partial charge is 0.306 e. The third-order valence-electron chi connectivity index (χ3n) is 3.85. The van der Waals surface area contributed by atoms with Crippen LogP contribution in [0.5, 0.6) is 5.75 Å². The Kier molecular flexibility index (Phi) is 7.21. The molecule has 0 aliphatic carbocycles. The average molecular weight is 355 g/mol. The molecule has 0 aromatic heterocycles. The van der Waals surface area contributed by atoms with Gasteiger partial charge < -0.3 is 14.8 Å². The zero-order valence-corrected chi connectivity index (χ0v) is 15.5. The fraction of sp³-hybridized carbons (Fsp3) is 0.333. The lowest BCUT2D eigenvalue weighted by molar-refractivity contribution is -0.147. The molecule has 1 amide bonds. The summed E-state index contributed by atoms with van der Waals surface area (Å²) in [5.74, 6) is 0.0217. The summed E-state index contributed by atoms with van der Waals surface area (Å²) < 4.78 is 10.6. The molecule has 0 radical (unpaired) electrons. The van der Waals surface area contributed by atoms with E-state index < -0.39 is 5.97 Å². The van der Waals surface area contributed by atoms with Crippen molar-refractivity contribution in [3.05, 3.63) is 59.2 Å². The molecule has 1 N–H and O–H groups in total. The van der Waals surface area contributed by atoms with Gasteiger partial charge in [-0.3, -0.25) is 9.59 Å². The Morgan fingerprint density at radius 2 is 1.65 bits per heavy atom. The first kappa shape index (κ1) is 19.5. The average Bonchev–Trinajstić information content (AvgIpc) is 2.61. The first-order chi connectivity index (χ1) is 12.4. The SMILES string of the molecule is Cc1ccc(OCCCC(=O)OCC(=O)Nc2cc(C)ccc2C)cc1. The summed E-state index contributed by atoms with van der Waals surface area (Å²) in [6, 6.07) is 13.5. The van der Waals surface area contributed by atoms with E-state index in [1.165, 1.54) is 5.56 Å². The molecule has 0 saturated heterocycles. The molecule has 138 valence electrons. The van der Waals surface area contributed by atoms with E-state index in [1.54, 1.807) is 0 Å². The van der Waals surface area contributed by atoms with Crippen molar-refractivity contribution in [1.29, 1.82) is 0 Å². The predicted octanol–water partition coefficient (Wildman–Crippen LogP) is 3.95. The molecular weight excluding hydrogens is 330 g/mol. The van der Waals surface area contributed by atoms with Gasteiger partial charge in [-0.25, -0.2) is 0 Å². The van der Waals surface area contributed by atoms with E-state index in [0.717, 1.165) is 22.6 Å². The van der Waals surface area contributed by atoms with Crippen molar-refractivity contribution in [2.24, 2.45) is 0 Å². The molecule has 2 rings (SSSR count). The molecule has 0 bridgehead atoms. The van der Waals surface area contributed by atoms with Gasteiger partial charge in [0.1, 0.15) is 5.75 Å². The number of carbonyl (C=O) groups is 2. The number of benzene rings is 2. The zero-order chi connectivity index (χ0) is 18.9. The van der Waals surface area contributed by atoms with E-state index >= 15 is 0 Å². The van der Waals surface area contributed by atoms with Gasteiger partial charge in [-0.2, -0.15) is 0 Å². The van der Waals surface area contributed by atoms with E-state index in [1.807, 2.05) is 63.2 Å². The van der Waals surface area contributed by atoms with Crippen LogP contribution in [0.25, 0.3) is 0 Å². The van der Waals surface area contributed by atoms with Gasteiger partial charge in [0.05, 0.1) is 6.61 Å². The molecule has 0 aliphatic rings. The van der Waals surface area contributed by atoms with Gasteiger partial charge in [0.2, 0.25) is 0 Å². The van der Waals surface area contributed by atoms with Gasteiger partial charge in [0, 0.05) is 12.1 Å².